The summed E-state index contributed by atoms with van der Waals surface area (Å²) in [7, 11) is 0. The van der Waals surface area contributed by atoms with Crippen LogP contribution in [-0.2, 0) is 6.42 Å². The molecule has 1 aliphatic heterocycles. The lowest BCUT2D eigenvalue weighted by atomic mass is 9.89. The van der Waals surface area contributed by atoms with Gasteiger partial charge in [0.1, 0.15) is 5.76 Å². The molecule has 0 spiro atoms. The third kappa shape index (κ3) is 5.71. The molecule has 2 N–H and O–H groups in total. The number of furan rings is 1. The number of amides is 3. The number of rotatable bonds is 6. The predicted molar refractivity (Wildman–Crippen MR) is 125 cm³/mol. The quantitative estimate of drug-likeness (QED) is 0.532. The number of nitrogens with zero attached hydrogens (tertiary/aromatic N) is 1. The SMILES string of the molecule is O=C(NCCc1ccco1)c1cccc([C@@H]2CCCN(C(=O)Nc3ccc(Cl)cc3)C2)c1. The summed E-state index contributed by atoms with van der Waals surface area (Å²) < 4.78 is 5.30. The van der Waals surface area contributed by atoms with Gasteiger partial charge in [0, 0.05) is 48.2 Å². The number of anilines is 1. The molecular formula is C25H26ClN3O3. The molecule has 2 aromatic carbocycles. The number of carbonyl (C=O) groups is 2. The Labute approximate surface area is 192 Å². The molecule has 1 aromatic heterocycles. The van der Waals surface area contributed by atoms with Gasteiger partial charge in [0.05, 0.1) is 6.26 Å². The highest BCUT2D eigenvalue weighted by Crippen LogP contribution is 2.28. The van der Waals surface area contributed by atoms with Crippen LogP contribution >= 0.6 is 11.6 Å². The molecule has 2 heterocycles. The monoisotopic (exact) mass is 451 g/mol. The van der Waals surface area contributed by atoms with E-state index in [4.69, 9.17) is 16.0 Å². The lowest BCUT2D eigenvalue weighted by molar-refractivity contribution is 0.0953. The highest BCUT2D eigenvalue weighted by atomic mass is 35.5. The van der Waals surface area contributed by atoms with Gasteiger partial charge >= 0.3 is 6.03 Å². The number of hydrogen-bond donors (Lipinski definition) is 2. The van der Waals surface area contributed by atoms with Crippen molar-refractivity contribution in [1.82, 2.24) is 10.2 Å². The number of carbonyl (C=O) groups excluding carboxylic acids is 2. The van der Waals surface area contributed by atoms with E-state index in [9.17, 15) is 9.59 Å². The van der Waals surface area contributed by atoms with E-state index in [1.54, 1.807) is 30.5 Å². The molecule has 1 fully saturated rings. The Balaban J connectivity index is 1.35. The first-order valence-electron chi connectivity index (χ1n) is 10.8. The standard InChI is InChI=1S/C25H26ClN3O3/c26-21-8-10-22(11-9-21)28-25(31)29-14-2-6-20(17-29)18-4-1-5-19(16-18)24(30)27-13-12-23-7-3-15-32-23/h1,3-5,7-11,15-16,20H,2,6,12-14,17H2,(H,27,30)(H,28,31)/t20-/m1/s1. The third-order valence-electron chi connectivity index (χ3n) is 5.66. The molecule has 0 saturated carbocycles. The second-order valence-corrected chi connectivity index (χ2v) is 8.37. The number of nitrogens with one attached hydrogen (secondary N) is 2. The van der Waals surface area contributed by atoms with Gasteiger partial charge in [0.25, 0.3) is 5.91 Å². The zero-order chi connectivity index (χ0) is 22.3. The third-order valence-corrected chi connectivity index (χ3v) is 5.91. The maximum absolute atomic E-state index is 12.7. The fourth-order valence-electron chi connectivity index (χ4n) is 3.96. The summed E-state index contributed by atoms with van der Waals surface area (Å²) in [6, 6.07) is 18.4. The highest BCUT2D eigenvalue weighted by molar-refractivity contribution is 6.30. The van der Waals surface area contributed by atoms with Crippen LogP contribution in [0, 0.1) is 0 Å². The first kappa shape index (κ1) is 22.0. The number of halogens is 1. The van der Waals surface area contributed by atoms with Crippen molar-refractivity contribution >= 4 is 29.2 Å². The van der Waals surface area contributed by atoms with Gasteiger partial charge in [-0.1, -0.05) is 23.7 Å². The highest BCUT2D eigenvalue weighted by Gasteiger charge is 2.25. The number of piperidine rings is 1. The van der Waals surface area contributed by atoms with Crippen molar-refractivity contribution in [3.63, 3.8) is 0 Å². The molecule has 0 bridgehead atoms. The fraction of sp³-hybridized carbons (Fsp3) is 0.280. The summed E-state index contributed by atoms with van der Waals surface area (Å²) in [5.41, 5.74) is 2.42. The summed E-state index contributed by atoms with van der Waals surface area (Å²) in [4.78, 5) is 27.1. The van der Waals surface area contributed by atoms with Crippen molar-refractivity contribution < 1.29 is 14.0 Å². The van der Waals surface area contributed by atoms with E-state index in [0.717, 1.165) is 29.9 Å². The topological polar surface area (TPSA) is 74.6 Å². The maximum atomic E-state index is 12.7. The van der Waals surface area contributed by atoms with E-state index in [1.165, 1.54) is 0 Å². The van der Waals surface area contributed by atoms with Crippen LogP contribution in [0.2, 0.25) is 5.02 Å². The molecule has 6 nitrogen and oxygen atoms in total. The molecule has 1 atom stereocenters. The Bertz CT molecular complexity index is 1050. The van der Waals surface area contributed by atoms with Crippen LogP contribution in [-0.4, -0.2) is 36.5 Å². The van der Waals surface area contributed by atoms with Gasteiger partial charge in [-0.3, -0.25) is 4.79 Å². The van der Waals surface area contributed by atoms with Crippen LogP contribution in [0.25, 0.3) is 0 Å². The summed E-state index contributed by atoms with van der Waals surface area (Å²) in [6.45, 7) is 1.84. The average Bonchev–Trinajstić information content (AvgIpc) is 3.34. The number of urea groups is 1. The van der Waals surface area contributed by atoms with E-state index < -0.39 is 0 Å². The molecule has 4 rings (SSSR count). The molecule has 1 saturated heterocycles. The summed E-state index contributed by atoms with van der Waals surface area (Å²) in [5, 5.41) is 6.50. The number of likely N-dealkylation sites (tertiary alicyclic amines) is 1. The molecule has 3 amide bonds. The largest absolute Gasteiger partial charge is 0.469 e. The molecule has 0 unspecified atom stereocenters. The Morgan fingerprint density at radius 1 is 1.09 bits per heavy atom. The van der Waals surface area contributed by atoms with Crippen molar-refractivity contribution in [3.05, 3.63) is 88.8 Å². The van der Waals surface area contributed by atoms with Crippen LogP contribution in [0.4, 0.5) is 10.5 Å². The number of benzene rings is 2. The molecule has 3 aromatic rings. The molecule has 7 heteroatoms. The number of hydrogen-bond acceptors (Lipinski definition) is 3. The Hall–Kier alpha value is -3.25. The molecule has 0 aliphatic carbocycles. The first-order valence-corrected chi connectivity index (χ1v) is 11.2. The van der Waals surface area contributed by atoms with Crippen LogP contribution in [0.1, 0.15) is 40.4 Å². The molecule has 32 heavy (non-hydrogen) atoms. The van der Waals surface area contributed by atoms with E-state index in [-0.39, 0.29) is 17.9 Å². The minimum absolute atomic E-state index is 0.105. The van der Waals surface area contributed by atoms with Gasteiger partial charge in [-0.15, -0.1) is 0 Å². The molecular weight excluding hydrogens is 426 g/mol. The zero-order valence-corrected chi connectivity index (χ0v) is 18.5. The summed E-state index contributed by atoms with van der Waals surface area (Å²) in [6.07, 6.45) is 4.18. The summed E-state index contributed by atoms with van der Waals surface area (Å²) in [5.74, 6) is 0.931. The maximum Gasteiger partial charge on any atom is 0.321 e. The normalized spacial score (nSPS) is 15.9. The first-order chi connectivity index (χ1) is 15.6. The van der Waals surface area contributed by atoms with E-state index in [0.29, 0.717) is 36.6 Å². The smallest absolute Gasteiger partial charge is 0.321 e. The van der Waals surface area contributed by atoms with Crippen LogP contribution in [0.5, 0.6) is 0 Å². The minimum atomic E-state index is -0.121. The lowest BCUT2D eigenvalue weighted by Gasteiger charge is -2.33. The van der Waals surface area contributed by atoms with E-state index in [2.05, 4.69) is 10.6 Å². The zero-order valence-electron chi connectivity index (χ0n) is 17.7. The Morgan fingerprint density at radius 3 is 2.72 bits per heavy atom. The van der Waals surface area contributed by atoms with Crippen LogP contribution in [0.15, 0.2) is 71.3 Å². The van der Waals surface area contributed by atoms with Gasteiger partial charge in [0.15, 0.2) is 0 Å². The van der Waals surface area contributed by atoms with E-state index >= 15 is 0 Å². The summed E-state index contributed by atoms with van der Waals surface area (Å²) >= 11 is 5.91. The molecule has 1 aliphatic rings. The van der Waals surface area contributed by atoms with Crippen molar-refractivity contribution in [2.24, 2.45) is 0 Å². The molecule has 166 valence electrons. The van der Waals surface area contributed by atoms with Crippen LogP contribution < -0.4 is 10.6 Å². The van der Waals surface area contributed by atoms with Crippen molar-refractivity contribution in [2.45, 2.75) is 25.2 Å². The van der Waals surface area contributed by atoms with Gasteiger partial charge in [-0.05, 0) is 66.9 Å². The van der Waals surface area contributed by atoms with Crippen molar-refractivity contribution in [1.29, 1.82) is 0 Å². The Morgan fingerprint density at radius 2 is 1.94 bits per heavy atom. The second-order valence-electron chi connectivity index (χ2n) is 7.93. The van der Waals surface area contributed by atoms with Gasteiger partial charge in [-0.25, -0.2) is 4.79 Å². The van der Waals surface area contributed by atoms with Crippen molar-refractivity contribution in [2.75, 3.05) is 25.0 Å². The Kier molecular flexibility index (Phi) is 7.12. The van der Waals surface area contributed by atoms with Crippen LogP contribution in [0.3, 0.4) is 0 Å². The predicted octanol–water partition coefficient (Wildman–Crippen LogP) is 5.32. The molecule has 0 radical (unpaired) electrons. The average molecular weight is 452 g/mol. The second kappa shape index (κ2) is 10.4. The van der Waals surface area contributed by atoms with Gasteiger partial charge < -0.3 is 20.0 Å². The lowest BCUT2D eigenvalue weighted by Crippen LogP contribution is -2.41. The van der Waals surface area contributed by atoms with Gasteiger partial charge in [0.2, 0.25) is 0 Å². The minimum Gasteiger partial charge on any atom is -0.469 e. The fourth-order valence-corrected chi connectivity index (χ4v) is 4.09. The van der Waals surface area contributed by atoms with E-state index in [1.807, 2.05) is 41.3 Å². The van der Waals surface area contributed by atoms with Crippen molar-refractivity contribution in [3.8, 4) is 0 Å². The van der Waals surface area contributed by atoms with Gasteiger partial charge in [-0.2, -0.15) is 0 Å².